The Balaban J connectivity index is 2.51. The molecule has 0 spiro atoms. The van der Waals surface area contributed by atoms with Crippen molar-refractivity contribution in [1.29, 1.82) is 0 Å². The fraction of sp³-hybridized carbons (Fsp3) is 0.143. The molecule has 2 rings (SSSR count). The molecule has 0 radical (unpaired) electrons. The number of halogens is 3. The first-order valence-corrected chi connectivity index (χ1v) is 5.76. The number of aliphatic hydroxyl groups is 1. The fourth-order valence-corrected chi connectivity index (χ4v) is 2.13. The van der Waals surface area contributed by atoms with Crippen LogP contribution in [0.5, 0.6) is 0 Å². The van der Waals surface area contributed by atoms with Crippen molar-refractivity contribution >= 4 is 11.6 Å². The third-order valence-electron chi connectivity index (χ3n) is 2.65. The Hall–Kier alpha value is -1.45. The second-order valence-electron chi connectivity index (χ2n) is 4.10. The number of benzene rings is 2. The van der Waals surface area contributed by atoms with Crippen LogP contribution in [0.25, 0.3) is 0 Å². The number of rotatable bonds is 2. The van der Waals surface area contributed by atoms with Crippen molar-refractivity contribution in [2.75, 3.05) is 0 Å². The molecule has 0 aliphatic heterocycles. The molecule has 1 N–H and O–H groups in total. The average molecular weight is 269 g/mol. The zero-order valence-corrected chi connectivity index (χ0v) is 10.4. The minimum atomic E-state index is -1.28. The van der Waals surface area contributed by atoms with Crippen LogP contribution in [-0.4, -0.2) is 5.11 Å². The van der Waals surface area contributed by atoms with Crippen molar-refractivity contribution in [1.82, 2.24) is 0 Å². The number of aryl methyl sites for hydroxylation is 1. The lowest BCUT2D eigenvalue weighted by molar-refractivity contribution is 0.214. The predicted molar refractivity (Wildman–Crippen MR) is 66.6 cm³/mol. The summed E-state index contributed by atoms with van der Waals surface area (Å²) in [6.07, 6.45) is -1.28. The summed E-state index contributed by atoms with van der Waals surface area (Å²) in [5.41, 5.74) is 0.889. The van der Waals surface area contributed by atoms with Crippen molar-refractivity contribution in [2.45, 2.75) is 13.0 Å². The summed E-state index contributed by atoms with van der Waals surface area (Å²) in [4.78, 5) is 0. The quantitative estimate of drug-likeness (QED) is 0.873. The summed E-state index contributed by atoms with van der Waals surface area (Å²) in [7, 11) is 0. The third-order valence-corrected chi connectivity index (χ3v) is 2.98. The molecule has 94 valence electrons. The van der Waals surface area contributed by atoms with Crippen LogP contribution in [0.3, 0.4) is 0 Å². The Bertz CT molecular complexity index is 544. The van der Waals surface area contributed by atoms with Gasteiger partial charge in [0.2, 0.25) is 0 Å². The molecule has 1 nitrogen and oxygen atoms in total. The molecule has 4 heteroatoms. The SMILES string of the molecule is Cc1cc(F)cc(C(O)c2c(F)cccc2Cl)c1. The predicted octanol–water partition coefficient (Wildman–Crippen LogP) is 4.01. The number of hydrogen-bond acceptors (Lipinski definition) is 1. The molecular weight excluding hydrogens is 258 g/mol. The maximum absolute atomic E-state index is 13.6. The Labute approximate surface area is 109 Å². The van der Waals surface area contributed by atoms with Gasteiger partial charge in [-0.3, -0.25) is 0 Å². The molecule has 0 saturated heterocycles. The highest BCUT2D eigenvalue weighted by Crippen LogP contribution is 2.31. The molecule has 0 bridgehead atoms. The topological polar surface area (TPSA) is 20.2 Å². The van der Waals surface area contributed by atoms with Crippen molar-refractivity contribution in [3.63, 3.8) is 0 Å². The maximum atomic E-state index is 13.6. The van der Waals surface area contributed by atoms with Crippen molar-refractivity contribution in [3.05, 3.63) is 69.7 Å². The normalized spacial score (nSPS) is 12.5. The molecule has 0 saturated carbocycles. The lowest BCUT2D eigenvalue weighted by atomic mass is 9.99. The van der Waals surface area contributed by atoms with E-state index in [1.807, 2.05) is 0 Å². The zero-order chi connectivity index (χ0) is 13.3. The molecule has 2 aromatic rings. The molecule has 2 aromatic carbocycles. The van der Waals surface area contributed by atoms with E-state index in [1.165, 1.54) is 30.3 Å². The monoisotopic (exact) mass is 268 g/mol. The zero-order valence-electron chi connectivity index (χ0n) is 9.62. The van der Waals surface area contributed by atoms with E-state index < -0.39 is 17.7 Å². The Morgan fingerprint density at radius 1 is 1.17 bits per heavy atom. The van der Waals surface area contributed by atoms with Gasteiger partial charge in [-0.2, -0.15) is 0 Å². The Morgan fingerprint density at radius 2 is 1.89 bits per heavy atom. The molecule has 0 aliphatic rings. The number of hydrogen-bond donors (Lipinski definition) is 1. The van der Waals surface area contributed by atoms with E-state index in [0.29, 0.717) is 5.56 Å². The van der Waals surface area contributed by atoms with E-state index in [-0.39, 0.29) is 16.1 Å². The van der Waals surface area contributed by atoms with Crippen LogP contribution in [-0.2, 0) is 0 Å². The molecule has 1 unspecified atom stereocenters. The largest absolute Gasteiger partial charge is 0.383 e. The smallest absolute Gasteiger partial charge is 0.130 e. The van der Waals surface area contributed by atoms with E-state index in [9.17, 15) is 13.9 Å². The highest BCUT2D eigenvalue weighted by molar-refractivity contribution is 6.31. The van der Waals surface area contributed by atoms with E-state index in [1.54, 1.807) is 13.0 Å². The first kappa shape index (κ1) is 13.0. The maximum Gasteiger partial charge on any atom is 0.130 e. The van der Waals surface area contributed by atoms with Gasteiger partial charge in [-0.15, -0.1) is 0 Å². The average Bonchev–Trinajstić information content (AvgIpc) is 2.27. The first-order valence-electron chi connectivity index (χ1n) is 5.38. The summed E-state index contributed by atoms with van der Waals surface area (Å²) in [6.45, 7) is 1.70. The highest BCUT2D eigenvalue weighted by atomic mass is 35.5. The van der Waals surface area contributed by atoms with Gasteiger partial charge in [0.05, 0.1) is 0 Å². The van der Waals surface area contributed by atoms with Gasteiger partial charge in [-0.1, -0.05) is 23.7 Å². The van der Waals surface area contributed by atoms with Crippen LogP contribution in [0.1, 0.15) is 22.8 Å². The van der Waals surface area contributed by atoms with E-state index >= 15 is 0 Å². The highest BCUT2D eigenvalue weighted by Gasteiger charge is 2.19. The molecule has 0 fully saturated rings. The van der Waals surface area contributed by atoms with Crippen molar-refractivity contribution in [3.8, 4) is 0 Å². The fourth-order valence-electron chi connectivity index (χ4n) is 1.86. The van der Waals surface area contributed by atoms with E-state index in [2.05, 4.69) is 0 Å². The molecule has 1 atom stereocenters. The second-order valence-corrected chi connectivity index (χ2v) is 4.51. The van der Waals surface area contributed by atoms with Crippen molar-refractivity contribution in [2.24, 2.45) is 0 Å². The third kappa shape index (κ3) is 2.52. The summed E-state index contributed by atoms with van der Waals surface area (Å²) in [5.74, 6) is -1.09. The van der Waals surface area contributed by atoms with Gasteiger partial charge in [0.1, 0.15) is 17.7 Å². The summed E-state index contributed by atoms with van der Waals surface area (Å²) in [6, 6.07) is 8.23. The summed E-state index contributed by atoms with van der Waals surface area (Å²) >= 11 is 5.86. The molecular formula is C14H11ClF2O. The molecule has 0 amide bonds. The minimum absolute atomic E-state index is 0.0378. The van der Waals surface area contributed by atoms with Gasteiger partial charge in [0.15, 0.2) is 0 Å². The van der Waals surface area contributed by atoms with Crippen LogP contribution < -0.4 is 0 Å². The van der Waals surface area contributed by atoms with Gasteiger partial charge in [-0.25, -0.2) is 8.78 Å². The first-order chi connectivity index (χ1) is 8.49. The van der Waals surface area contributed by atoms with Gasteiger partial charge < -0.3 is 5.11 Å². The van der Waals surface area contributed by atoms with Gasteiger partial charge in [0, 0.05) is 10.6 Å². The lowest BCUT2D eigenvalue weighted by Gasteiger charge is -2.14. The molecule has 0 heterocycles. The van der Waals surface area contributed by atoms with E-state index in [4.69, 9.17) is 11.6 Å². The summed E-state index contributed by atoms with van der Waals surface area (Å²) < 4.78 is 26.9. The Morgan fingerprint density at radius 3 is 2.50 bits per heavy atom. The van der Waals surface area contributed by atoms with Crippen LogP contribution in [0.4, 0.5) is 8.78 Å². The summed E-state index contributed by atoms with van der Waals surface area (Å²) in [5, 5.41) is 10.2. The van der Waals surface area contributed by atoms with E-state index in [0.717, 1.165) is 0 Å². The van der Waals surface area contributed by atoms with Crippen LogP contribution in [0, 0.1) is 18.6 Å². The lowest BCUT2D eigenvalue weighted by Crippen LogP contribution is -2.04. The van der Waals surface area contributed by atoms with Gasteiger partial charge in [-0.05, 0) is 42.3 Å². The molecule has 18 heavy (non-hydrogen) atoms. The van der Waals surface area contributed by atoms with Crippen LogP contribution in [0.2, 0.25) is 5.02 Å². The van der Waals surface area contributed by atoms with Crippen LogP contribution >= 0.6 is 11.6 Å². The second kappa shape index (κ2) is 5.04. The Kier molecular flexibility index (Phi) is 3.64. The van der Waals surface area contributed by atoms with Crippen molar-refractivity contribution < 1.29 is 13.9 Å². The standard InChI is InChI=1S/C14H11ClF2O/c1-8-5-9(7-10(16)6-8)14(18)13-11(15)3-2-4-12(13)17/h2-7,14,18H,1H3. The van der Waals surface area contributed by atoms with Gasteiger partial charge >= 0.3 is 0 Å². The van der Waals surface area contributed by atoms with Gasteiger partial charge in [0.25, 0.3) is 0 Å². The molecule has 0 aliphatic carbocycles. The number of aliphatic hydroxyl groups excluding tert-OH is 1. The van der Waals surface area contributed by atoms with Crippen LogP contribution in [0.15, 0.2) is 36.4 Å². The minimum Gasteiger partial charge on any atom is -0.383 e. The molecule has 0 aromatic heterocycles.